The maximum atomic E-state index is 11.0. The second-order valence-electron chi connectivity index (χ2n) is 4.19. The van der Waals surface area contributed by atoms with Crippen LogP contribution >= 0.6 is 15.9 Å². The highest BCUT2D eigenvalue weighted by molar-refractivity contribution is 9.10. The van der Waals surface area contributed by atoms with E-state index in [-0.39, 0.29) is 0 Å². The van der Waals surface area contributed by atoms with E-state index in [0.717, 1.165) is 10.0 Å². The predicted molar refractivity (Wildman–Crippen MR) is 63.6 cm³/mol. The van der Waals surface area contributed by atoms with Crippen molar-refractivity contribution in [1.29, 1.82) is 0 Å². The van der Waals surface area contributed by atoms with E-state index < -0.39 is 11.4 Å². The molecule has 1 aromatic heterocycles. The minimum absolute atomic E-state index is 0.373. The molecule has 0 aliphatic carbocycles. The lowest BCUT2D eigenvalue weighted by Crippen LogP contribution is -2.26. The molecule has 0 fully saturated rings. The van der Waals surface area contributed by atoms with Gasteiger partial charge in [0.25, 0.3) is 0 Å². The van der Waals surface area contributed by atoms with Gasteiger partial charge in [0.15, 0.2) is 0 Å². The fraction of sp³-hybridized carbons (Fsp3) is 0.455. The summed E-state index contributed by atoms with van der Waals surface area (Å²) < 4.78 is 5.91. The second kappa shape index (κ2) is 4.82. The first kappa shape index (κ1) is 13.0. The molecule has 0 saturated heterocycles. The maximum Gasteiger partial charge on any atom is 0.309 e. The van der Waals surface area contributed by atoms with Gasteiger partial charge in [-0.1, -0.05) is 0 Å². The second-order valence-corrected chi connectivity index (χ2v) is 5.10. The van der Waals surface area contributed by atoms with Gasteiger partial charge in [0.05, 0.1) is 12.5 Å². The van der Waals surface area contributed by atoms with Gasteiger partial charge in [0.1, 0.15) is 0 Å². The van der Waals surface area contributed by atoms with E-state index in [1.807, 2.05) is 6.07 Å². The number of nitrogens with zero attached hydrogens (tertiary/aromatic N) is 1. The van der Waals surface area contributed by atoms with E-state index in [2.05, 4.69) is 20.9 Å². The average Bonchev–Trinajstić information content (AvgIpc) is 2.17. The van der Waals surface area contributed by atoms with Crippen molar-refractivity contribution < 1.29 is 14.6 Å². The zero-order chi connectivity index (χ0) is 12.3. The molecule has 0 atom stereocenters. The van der Waals surface area contributed by atoms with Gasteiger partial charge in [-0.05, 0) is 42.3 Å². The van der Waals surface area contributed by atoms with Crippen LogP contribution in [0.25, 0.3) is 0 Å². The molecule has 0 bridgehead atoms. The van der Waals surface area contributed by atoms with Gasteiger partial charge in [-0.15, -0.1) is 0 Å². The number of carbonyl (C=O) groups is 1. The Morgan fingerprint density at radius 1 is 1.62 bits per heavy atom. The van der Waals surface area contributed by atoms with Crippen LogP contribution in [0.1, 0.15) is 19.4 Å². The van der Waals surface area contributed by atoms with Crippen LogP contribution in [0.15, 0.2) is 16.7 Å². The van der Waals surface area contributed by atoms with Crippen LogP contribution in [-0.2, 0) is 11.2 Å². The monoisotopic (exact) mass is 287 g/mol. The standard InChI is InChI=1S/C11H14BrNO3/c1-11(2,10(14)15)5-7-4-8(12)6-13-9(7)16-3/h4,6H,5H2,1-3H3,(H,14,15). The molecule has 1 aromatic rings. The van der Waals surface area contributed by atoms with Crippen LogP contribution in [0.3, 0.4) is 0 Å². The molecule has 1 rings (SSSR count). The van der Waals surface area contributed by atoms with Gasteiger partial charge < -0.3 is 9.84 Å². The lowest BCUT2D eigenvalue weighted by atomic mass is 9.86. The van der Waals surface area contributed by atoms with Crippen LogP contribution in [-0.4, -0.2) is 23.2 Å². The Morgan fingerprint density at radius 2 is 2.25 bits per heavy atom. The number of carboxylic acid groups (broad SMARTS) is 1. The maximum absolute atomic E-state index is 11.0. The molecule has 0 unspecified atom stereocenters. The van der Waals surface area contributed by atoms with Crippen LogP contribution in [0.4, 0.5) is 0 Å². The van der Waals surface area contributed by atoms with Crippen LogP contribution in [0.5, 0.6) is 5.88 Å². The smallest absolute Gasteiger partial charge is 0.309 e. The molecule has 0 saturated carbocycles. The van der Waals surface area contributed by atoms with Crippen molar-refractivity contribution in [2.45, 2.75) is 20.3 Å². The minimum atomic E-state index is -0.838. The summed E-state index contributed by atoms with van der Waals surface area (Å²) in [5.41, 5.74) is -0.0558. The van der Waals surface area contributed by atoms with Crippen molar-refractivity contribution in [3.8, 4) is 5.88 Å². The Morgan fingerprint density at radius 3 is 2.75 bits per heavy atom. The average molecular weight is 288 g/mol. The van der Waals surface area contributed by atoms with Crippen molar-refractivity contribution in [2.24, 2.45) is 5.41 Å². The van der Waals surface area contributed by atoms with Crippen molar-refractivity contribution in [2.75, 3.05) is 7.11 Å². The van der Waals surface area contributed by atoms with Gasteiger partial charge in [-0.2, -0.15) is 0 Å². The number of hydrogen-bond donors (Lipinski definition) is 1. The van der Waals surface area contributed by atoms with Crippen molar-refractivity contribution >= 4 is 21.9 Å². The number of pyridine rings is 1. The van der Waals surface area contributed by atoms with Crippen molar-refractivity contribution in [3.63, 3.8) is 0 Å². The summed E-state index contributed by atoms with van der Waals surface area (Å²) in [7, 11) is 1.52. The van der Waals surface area contributed by atoms with Crippen molar-refractivity contribution in [1.82, 2.24) is 4.98 Å². The predicted octanol–water partition coefficient (Wildman–Crippen LogP) is 2.51. The van der Waals surface area contributed by atoms with Gasteiger partial charge in [0, 0.05) is 16.2 Å². The first-order valence-electron chi connectivity index (χ1n) is 4.78. The third kappa shape index (κ3) is 2.95. The topological polar surface area (TPSA) is 59.4 Å². The number of carboxylic acids is 1. The summed E-state index contributed by atoms with van der Waals surface area (Å²) in [6.45, 7) is 3.35. The van der Waals surface area contributed by atoms with E-state index in [4.69, 9.17) is 9.84 Å². The zero-order valence-corrected chi connectivity index (χ0v) is 11.0. The fourth-order valence-corrected chi connectivity index (χ4v) is 1.71. The molecule has 0 radical (unpaired) electrons. The largest absolute Gasteiger partial charge is 0.481 e. The normalized spacial score (nSPS) is 11.2. The summed E-state index contributed by atoms with van der Waals surface area (Å²) in [4.78, 5) is 15.1. The Labute approximate surface area is 103 Å². The van der Waals surface area contributed by atoms with Gasteiger partial charge >= 0.3 is 5.97 Å². The van der Waals surface area contributed by atoms with Crippen molar-refractivity contribution in [3.05, 3.63) is 22.3 Å². The number of halogens is 1. The Hall–Kier alpha value is -1.10. The summed E-state index contributed by atoms with van der Waals surface area (Å²) in [5.74, 6) is -0.368. The van der Waals surface area contributed by atoms with Gasteiger partial charge in [-0.3, -0.25) is 4.79 Å². The molecule has 0 amide bonds. The minimum Gasteiger partial charge on any atom is -0.481 e. The molecule has 88 valence electrons. The number of hydrogen-bond acceptors (Lipinski definition) is 3. The molecule has 5 heteroatoms. The SMILES string of the molecule is COc1ncc(Br)cc1CC(C)(C)C(=O)O. The van der Waals surface area contributed by atoms with Crippen LogP contribution < -0.4 is 4.74 Å². The van der Waals surface area contributed by atoms with Gasteiger partial charge in [-0.25, -0.2) is 4.98 Å². The highest BCUT2D eigenvalue weighted by Crippen LogP contribution is 2.28. The number of methoxy groups -OCH3 is 1. The number of aliphatic carboxylic acids is 1. The van der Waals surface area contributed by atoms with E-state index in [0.29, 0.717) is 12.3 Å². The molecule has 0 aliphatic heterocycles. The quantitative estimate of drug-likeness (QED) is 0.924. The first-order chi connectivity index (χ1) is 7.36. The lowest BCUT2D eigenvalue weighted by molar-refractivity contribution is -0.146. The Kier molecular flexibility index (Phi) is 3.91. The molecule has 4 nitrogen and oxygen atoms in total. The third-order valence-corrected chi connectivity index (χ3v) is 2.73. The molecule has 1 N–H and O–H groups in total. The summed E-state index contributed by atoms with van der Waals surface area (Å²) in [6.07, 6.45) is 1.99. The molecule has 0 aliphatic rings. The third-order valence-electron chi connectivity index (χ3n) is 2.30. The summed E-state index contributed by atoms with van der Waals surface area (Å²) in [5, 5.41) is 9.06. The number of rotatable bonds is 4. The number of ether oxygens (including phenoxy) is 1. The molecular weight excluding hydrogens is 274 g/mol. The highest BCUT2D eigenvalue weighted by Gasteiger charge is 2.29. The molecule has 1 heterocycles. The molecular formula is C11H14BrNO3. The fourth-order valence-electron chi connectivity index (χ4n) is 1.33. The number of aromatic nitrogens is 1. The van der Waals surface area contributed by atoms with E-state index in [1.165, 1.54) is 7.11 Å². The lowest BCUT2D eigenvalue weighted by Gasteiger charge is -2.20. The van der Waals surface area contributed by atoms with E-state index >= 15 is 0 Å². The van der Waals surface area contributed by atoms with Gasteiger partial charge in [0.2, 0.25) is 5.88 Å². The first-order valence-corrected chi connectivity index (χ1v) is 5.58. The summed E-state index contributed by atoms with van der Waals surface area (Å²) >= 11 is 3.30. The van der Waals surface area contributed by atoms with E-state index in [9.17, 15) is 4.79 Å². The molecule has 0 spiro atoms. The zero-order valence-electron chi connectivity index (χ0n) is 9.45. The molecule has 0 aromatic carbocycles. The Bertz CT molecular complexity index is 404. The van der Waals surface area contributed by atoms with Crippen LogP contribution in [0.2, 0.25) is 0 Å². The Balaban J connectivity index is 3.04. The van der Waals surface area contributed by atoms with E-state index in [1.54, 1.807) is 20.0 Å². The summed E-state index contributed by atoms with van der Waals surface area (Å²) in [6, 6.07) is 1.83. The highest BCUT2D eigenvalue weighted by atomic mass is 79.9. The molecule has 16 heavy (non-hydrogen) atoms. The van der Waals surface area contributed by atoms with Crippen LogP contribution in [0, 0.1) is 5.41 Å².